The monoisotopic (exact) mass is 422 g/mol. The average Bonchev–Trinajstić information content (AvgIpc) is 3.09. The van der Waals surface area contributed by atoms with E-state index in [1.54, 1.807) is 30.1 Å². The molecule has 1 N–H and O–H groups in total. The van der Waals surface area contributed by atoms with Crippen LogP contribution >= 0.6 is 0 Å². The number of carbonyl (C=O) groups excluding carboxylic acids is 1. The summed E-state index contributed by atoms with van der Waals surface area (Å²) >= 11 is 0. The number of hydrogen-bond donors (Lipinski definition) is 1. The minimum absolute atomic E-state index is 0.0384. The van der Waals surface area contributed by atoms with Gasteiger partial charge in [-0.3, -0.25) is 14.4 Å². The Kier molecular flexibility index (Phi) is 5.58. The van der Waals surface area contributed by atoms with E-state index in [4.69, 9.17) is 0 Å². The van der Waals surface area contributed by atoms with E-state index in [-0.39, 0.29) is 34.7 Å². The highest BCUT2D eigenvalue weighted by molar-refractivity contribution is 5.93. The molecular weight excluding hydrogens is 396 g/mol. The Hall–Kier alpha value is -3.49. The number of rotatable bonds is 4. The van der Waals surface area contributed by atoms with Gasteiger partial charge in [-0.1, -0.05) is 0 Å². The first-order chi connectivity index (χ1) is 14.8. The van der Waals surface area contributed by atoms with Gasteiger partial charge in [-0.2, -0.15) is 5.10 Å². The second kappa shape index (κ2) is 8.33. The van der Waals surface area contributed by atoms with Crippen LogP contribution < -0.4 is 16.4 Å². The highest BCUT2D eigenvalue weighted by Gasteiger charge is 2.26. The summed E-state index contributed by atoms with van der Waals surface area (Å²) in [7, 11) is 1.62. The first-order valence-electron chi connectivity index (χ1n) is 10.4. The summed E-state index contributed by atoms with van der Waals surface area (Å²) in [6.07, 6.45) is 4.47. The zero-order valence-electron chi connectivity index (χ0n) is 17.9. The SMILES string of the molecule is Cc1cc(C)n(-c2ccc(=O)n(C3CCC(NC(=O)c4cccn(C)c4=O)CC3)n2)n1. The number of carbonyl (C=O) groups is 1. The lowest BCUT2D eigenvalue weighted by atomic mass is 9.91. The molecule has 3 aromatic heterocycles. The lowest BCUT2D eigenvalue weighted by Crippen LogP contribution is -2.41. The molecule has 0 bridgehead atoms. The predicted octanol–water partition coefficient (Wildman–Crippen LogP) is 1.66. The lowest BCUT2D eigenvalue weighted by molar-refractivity contribution is 0.0919. The van der Waals surface area contributed by atoms with Gasteiger partial charge in [0.2, 0.25) is 0 Å². The van der Waals surface area contributed by atoms with E-state index in [1.165, 1.54) is 21.4 Å². The zero-order chi connectivity index (χ0) is 22.1. The molecule has 9 nitrogen and oxygen atoms in total. The number of amides is 1. The van der Waals surface area contributed by atoms with Gasteiger partial charge in [0.15, 0.2) is 5.82 Å². The van der Waals surface area contributed by atoms with E-state index in [1.807, 2.05) is 19.9 Å². The van der Waals surface area contributed by atoms with Crippen molar-refractivity contribution in [3.05, 3.63) is 74.2 Å². The number of aryl methyl sites for hydroxylation is 3. The summed E-state index contributed by atoms with van der Waals surface area (Å²) < 4.78 is 4.66. The van der Waals surface area contributed by atoms with Crippen LogP contribution in [0.3, 0.4) is 0 Å². The van der Waals surface area contributed by atoms with Crippen molar-refractivity contribution in [2.24, 2.45) is 7.05 Å². The molecule has 1 aliphatic rings. The third kappa shape index (κ3) is 4.21. The Balaban J connectivity index is 1.45. The molecule has 0 aromatic carbocycles. The van der Waals surface area contributed by atoms with Crippen LogP contribution in [-0.4, -0.2) is 36.1 Å². The van der Waals surface area contributed by atoms with Crippen molar-refractivity contribution < 1.29 is 4.79 Å². The topological polar surface area (TPSA) is 104 Å². The van der Waals surface area contributed by atoms with E-state index in [0.717, 1.165) is 11.4 Å². The molecule has 0 aliphatic heterocycles. The van der Waals surface area contributed by atoms with Gasteiger partial charge in [0.05, 0.1) is 11.7 Å². The third-order valence-electron chi connectivity index (χ3n) is 5.78. The number of nitrogens with one attached hydrogen (secondary N) is 1. The van der Waals surface area contributed by atoms with Gasteiger partial charge < -0.3 is 9.88 Å². The Morgan fingerprint density at radius 1 is 1.06 bits per heavy atom. The molecule has 0 unspecified atom stereocenters. The maximum absolute atomic E-state index is 12.5. The van der Waals surface area contributed by atoms with Crippen LogP contribution in [0.1, 0.15) is 53.5 Å². The summed E-state index contributed by atoms with van der Waals surface area (Å²) in [4.78, 5) is 37.1. The van der Waals surface area contributed by atoms with E-state index in [0.29, 0.717) is 31.5 Å². The number of hydrogen-bond acceptors (Lipinski definition) is 5. The summed E-state index contributed by atoms with van der Waals surface area (Å²) in [5, 5.41) is 12.0. The predicted molar refractivity (Wildman–Crippen MR) is 116 cm³/mol. The molecule has 1 fully saturated rings. The molecular formula is C22H26N6O3. The molecule has 0 saturated heterocycles. The fraction of sp³-hybridized carbons (Fsp3) is 0.409. The molecule has 1 saturated carbocycles. The first kappa shape index (κ1) is 20.8. The molecule has 1 amide bonds. The highest BCUT2D eigenvalue weighted by atomic mass is 16.2. The van der Waals surface area contributed by atoms with E-state index in [2.05, 4.69) is 15.5 Å². The first-order valence-corrected chi connectivity index (χ1v) is 10.4. The van der Waals surface area contributed by atoms with Crippen molar-refractivity contribution in [1.82, 2.24) is 29.4 Å². The fourth-order valence-corrected chi connectivity index (χ4v) is 4.15. The summed E-state index contributed by atoms with van der Waals surface area (Å²) in [5.74, 6) is 0.256. The van der Waals surface area contributed by atoms with Gasteiger partial charge in [0, 0.05) is 31.0 Å². The van der Waals surface area contributed by atoms with Crippen molar-refractivity contribution >= 4 is 5.91 Å². The molecule has 0 radical (unpaired) electrons. The number of nitrogens with zero attached hydrogens (tertiary/aromatic N) is 5. The number of aromatic nitrogens is 5. The lowest BCUT2D eigenvalue weighted by Gasteiger charge is -2.29. The van der Waals surface area contributed by atoms with Crippen LogP contribution in [0, 0.1) is 13.8 Å². The minimum atomic E-state index is -0.355. The van der Waals surface area contributed by atoms with E-state index >= 15 is 0 Å². The van der Waals surface area contributed by atoms with Gasteiger partial charge in [-0.15, -0.1) is 5.10 Å². The normalized spacial score (nSPS) is 18.7. The van der Waals surface area contributed by atoms with Gasteiger partial charge in [-0.25, -0.2) is 9.36 Å². The molecule has 0 spiro atoms. The molecule has 1 aliphatic carbocycles. The van der Waals surface area contributed by atoms with Crippen LogP contribution in [0.2, 0.25) is 0 Å². The molecule has 3 aromatic rings. The van der Waals surface area contributed by atoms with Gasteiger partial charge >= 0.3 is 0 Å². The second-order valence-corrected chi connectivity index (χ2v) is 8.13. The largest absolute Gasteiger partial charge is 0.349 e. The Morgan fingerprint density at radius 3 is 2.48 bits per heavy atom. The van der Waals surface area contributed by atoms with Crippen molar-refractivity contribution in [3.8, 4) is 5.82 Å². The van der Waals surface area contributed by atoms with Crippen LogP contribution in [0.25, 0.3) is 5.82 Å². The highest BCUT2D eigenvalue weighted by Crippen LogP contribution is 2.27. The summed E-state index contributed by atoms with van der Waals surface area (Å²) in [6.45, 7) is 3.87. The van der Waals surface area contributed by atoms with Gasteiger partial charge in [-0.05, 0) is 63.8 Å². The van der Waals surface area contributed by atoms with E-state index < -0.39 is 0 Å². The maximum atomic E-state index is 12.5. The van der Waals surface area contributed by atoms with Crippen molar-refractivity contribution in [1.29, 1.82) is 0 Å². The van der Waals surface area contributed by atoms with Crippen molar-refractivity contribution in [2.75, 3.05) is 0 Å². The third-order valence-corrected chi connectivity index (χ3v) is 5.78. The molecule has 4 rings (SSSR count). The Bertz CT molecular complexity index is 1230. The zero-order valence-corrected chi connectivity index (χ0v) is 17.9. The van der Waals surface area contributed by atoms with Crippen LogP contribution in [0.5, 0.6) is 0 Å². The molecule has 9 heteroatoms. The van der Waals surface area contributed by atoms with Gasteiger partial charge in [0.1, 0.15) is 5.56 Å². The fourth-order valence-electron chi connectivity index (χ4n) is 4.15. The van der Waals surface area contributed by atoms with Crippen LogP contribution in [0.4, 0.5) is 0 Å². The molecule has 31 heavy (non-hydrogen) atoms. The summed E-state index contributed by atoms with van der Waals surface area (Å²) in [5.41, 5.74) is 1.52. The standard InChI is InChI=1S/C22H26N6O3/c1-14-13-15(2)27(24-14)19-10-11-20(29)28(25-19)17-8-6-16(7-9-17)23-21(30)18-5-4-12-26(3)22(18)31/h4-5,10-13,16-17H,6-9H2,1-3H3,(H,23,30). The van der Waals surface area contributed by atoms with Crippen LogP contribution in [0.15, 0.2) is 46.1 Å². The second-order valence-electron chi connectivity index (χ2n) is 8.13. The smallest absolute Gasteiger partial charge is 0.267 e. The maximum Gasteiger partial charge on any atom is 0.267 e. The van der Waals surface area contributed by atoms with Crippen LogP contribution in [-0.2, 0) is 7.05 Å². The molecule has 0 atom stereocenters. The van der Waals surface area contributed by atoms with Crippen molar-refractivity contribution in [3.63, 3.8) is 0 Å². The summed E-state index contributed by atoms with van der Waals surface area (Å²) in [6, 6.07) is 8.32. The van der Waals surface area contributed by atoms with E-state index in [9.17, 15) is 14.4 Å². The quantitative estimate of drug-likeness (QED) is 0.689. The molecule has 3 heterocycles. The Labute approximate surface area is 179 Å². The molecule has 162 valence electrons. The minimum Gasteiger partial charge on any atom is -0.349 e. The van der Waals surface area contributed by atoms with Gasteiger partial charge in [0.25, 0.3) is 17.0 Å². The number of pyridine rings is 1. The van der Waals surface area contributed by atoms with Crippen molar-refractivity contribution in [2.45, 2.75) is 51.6 Å². The average molecular weight is 422 g/mol. The Morgan fingerprint density at radius 2 is 1.81 bits per heavy atom.